The number of carbonyl (C=O) groups is 1. The molecule has 1 heterocycles. The van der Waals surface area contributed by atoms with Crippen LogP contribution < -0.4 is 10.0 Å². The van der Waals surface area contributed by atoms with Crippen LogP contribution in [0, 0.1) is 15.3 Å². The Hall–Kier alpha value is -2.96. The Labute approximate surface area is 107 Å². The summed E-state index contributed by atoms with van der Waals surface area (Å²) in [4.78, 5) is 21.9. The fraction of sp³-hybridized carbons (Fsp3) is 0. The summed E-state index contributed by atoms with van der Waals surface area (Å²) in [7, 11) is 0. The number of nitro benzene ring substituents is 1. The van der Waals surface area contributed by atoms with Gasteiger partial charge in [-0.2, -0.15) is 4.73 Å². The molecule has 0 bridgehead atoms. The first-order valence-corrected chi connectivity index (χ1v) is 5.31. The normalized spacial score (nSPS) is 9.89. The summed E-state index contributed by atoms with van der Waals surface area (Å²) < 4.78 is 0.502. The lowest BCUT2D eigenvalue weighted by molar-refractivity contribution is -0.605. The SMILES string of the molecule is O=C(Nc1cccc([N+](=O)[O-])c1)c1ccc[n+]([O-])c1. The van der Waals surface area contributed by atoms with Gasteiger partial charge in [0.1, 0.15) is 5.56 Å². The molecule has 0 spiro atoms. The number of amides is 1. The van der Waals surface area contributed by atoms with Crippen molar-refractivity contribution in [1.82, 2.24) is 0 Å². The number of hydrogen-bond acceptors (Lipinski definition) is 4. The van der Waals surface area contributed by atoms with Crippen molar-refractivity contribution in [3.63, 3.8) is 0 Å². The van der Waals surface area contributed by atoms with Gasteiger partial charge in [-0.3, -0.25) is 14.9 Å². The topological polar surface area (TPSA) is 99.2 Å². The molecule has 2 rings (SSSR count). The van der Waals surface area contributed by atoms with E-state index >= 15 is 0 Å². The van der Waals surface area contributed by atoms with Gasteiger partial charge in [-0.25, -0.2) is 0 Å². The Morgan fingerprint density at radius 3 is 2.74 bits per heavy atom. The highest BCUT2D eigenvalue weighted by Gasteiger charge is 2.11. The molecule has 19 heavy (non-hydrogen) atoms. The third-order valence-electron chi connectivity index (χ3n) is 2.35. The number of aromatic nitrogens is 1. The lowest BCUT2D eigenvalue weighted by atomic mass is 10.2. The van der Waals surface area contributed by atoms with Crippen LogP contribution in [0.25, 0.3) is 0 Å². The predicted molar refractivity (Wildman–Crippen MR) is 66.5 cm³/mol. The second kappa shape index (κ2) is 5.13. The number of nitrogens with zero attached hydrogens (tertiary/aromatic N) is 2. The lowest BCUT2D eigenvalue weighted by Gasteiger charge is -2.04. The zero-order chi connectivity index (χ0) is 13.8. The van der Waals surface area contributed by atoms with E-state index < -0.39 is 10.8 Å². The van der Waals surface area contributed by atoms with Gasteiger partial charge in [0.05, 0.1) is 4.92 Å². The summed E-state index contributed by atoms with van der Waals surface area (Å²) in [6.45, 7) is 0. The van der Waals surface area contributed by atoms with E-state index in [4.69, 9.17) is 0 Å². The number of nitro groups is 1. The van der Waals surface area contributed by atoms with E-state index in [1.807, 2.05) is 0 Å². The molecule has 1 aromatic heterocycles. The fourth-order valence-electron chi connectivity index (χ4n) is 1.49. The third-order valence-corrected chi connectivity index (χ3v) is 2.35. The van der Waals surface area contributed by atoms with Gasteiger partial charge in [0, 0.05) is 23.9 Å². The Bertz CT molecular complexity index is 642. The molecule has 1 aromatic carbocycles. The largest absolute Gasteiger partial charge is 0.619 e. The quantitative estimate of drug-likeness (QED) is 0.390. The molecule has 96 valence electrons. The van der Waals surface area contributed by atoms with Gasteiger partial charge < -0.3 is 10.5 Å². The molecule has 0 radical (unpaired) electrons. The van der Waals surface area contributed by atoms with Crippen molar-refractivity contribution in [2.24, 2.45) is 0 Å². The van der Waals surface area contributed by atoms with Gasteiger partial charge in [-0.1, -0.05) is 6.07 Å². The maximum absolute atomic E-state index is 11.8. The van der Waals surface area contributed by atoms with Crippen molar-refractivity contribution in [3.05, 3.63) is 69.7 Å². The van der Waals surface area contributed by atoms with Gasteiger partial charge >= 0.3 is 0 Å². The van der Waals surface area contributed by atoms with E-state index in [2.05, 4.69) is 5.32 Å². The summed E-state index contributed by atoms with van der Waals surface area (Å²) in [5.41, 5.74) is 0.342. The predicted octanol–water partition coefficient (Wildman–Crippen LogP) is 1.48. The molecule has 1 N–H and O–H groups in total. The molecule has 1 amide bonds. The number of non-ortho nitro benzene ring substituents is 1. The first-order valence-electron chi connectivity index (χ1n) is 5.31. The molecule has 0 saturated carbocycles. The van der Waals surface area contributed by atoms with Crippen LogP contribution in [-0.2, 0) is 0 Å². The lowest BCUT2D eigenvalue weighted by Crippen LogP contribution is -2.27. The van der Waals surface area contributed by atoms with Crippen molar-refractivity contribution in [2.45, 2.75) is 0 Å². The van der Waals surface area contributed by atoms with Crippen LogP contribution in [0.3, 0.4) is 0 Å². The Kier molecular flexibility index (Phi) is 3.37. The molecular weight excluding hydrogens is 250 g/mol. The summed E-state index contributed by atoms with van der Waals surface area (Å²) in [6.07, 6.45) is 2.37. The second-order valence-corrected chi connectivity index (χ2v) is 3.71. The van der Waals surface area contributed by atoms with Crippen LogP contribution in [0.4, 0.5) is 11.4 Å². The minimum absolute atomic E-state index is 0.121. The van der Waals surface area contributed by atoms with E-state index in [9.17, 15) is 20.1 Å². The molecule has 7 heteroatoms. The van der Waals surface area contributed by atoms with Crippen LogP contribution in [-0.4, -0.2) is 10.8 Å². The minimum atomic E-state index is -0.552. The van der Waals surface area contributed by atoms with Crippen LogP contribution in [0.5, 0.6) is 0 Å². The Morgan fingerprint density at radius 1 is 1.26 bits per heavy atom. The molecule has 0 unspecified atom stereocenters. The van der Waals surface area contributed by atoms with Crippen molar-refractivity contribution < 1.29 is 14.4 Å². The number of nitrogens with one attached hydrogen (secondary N) is 1. The number of carbonyl (C=O) groups excluding carboxylic acids is 1. The van der Waals surface area contributed by atoms with Crippen LogP contribution in [0.15, 0.2) is 48.8 Å². The number of benzene rings is 1. The molecule has 0 aliphatic rings. The first-order chi connectivity index (χ1) is 9.06. The van der Waals surface area contributed by atoms with Crippen molar-refractivity contribution in [3.8, 4) is 0 Å². The fourth-order valence-corrected chi connectivity index (χ4v) is 1.49. The van der Waals surface area contributed by atoms with E-state index in [0.717, 1.165) is 6.20 Å². The van der Waals surface area contributed by atoms with Gasteiger partial charge in [-0.05, 0) is 12.1 Å². The highest BCUT2D eigenvalue weighted by Crippen LogP contribution is 2.17. The maximum Gasteiger partial charge on any atom is 0.271 e. The monoisotopic (exact) mass is 259 g/mol. The number of rotatable bonds is 3. The molecule has 0 saturated heterocycles. The van der Waals surface area contributed by atoms with Crippen LogP contribution in [0.2, 0.25) is 0 Å². The second-order valence-electron chi connectivity index (χ2n) is 3.71. The zero-order valence-electron chi connectivity index (χ0n) is 9.65. The number of hydrogen-bond donors (Lipinski definition) is 1. The highest BCUT2D eigenvalue weighted by molar-refractivity contribution is 6.03. The summed E-state index contributed by atoms with van der Waals surface area (Å²) in [5.74, 6) is -0.509. The van der Waals surface area contributed by atoms with E-state index in [-0.39, 0.29) is 11.3 Å². The summed E-state index contributed by atoms with van der Waals surface area (Å²) in [5, 5.41) is 24.1. The summed E-state index contributed by atoms with van der Waals surface area (Å²) >= 11 is 0. The van der Waals surface area contributed by atoms with Crippen LogP contribution >= 0.6 is 0 Å². The average molecular weight is 259 g/mol. The minimum Gasteiger partial charge on any atom is -0.619 e. The van der Waals surface area contributed by atoms with E-state index in [1.54, 1.807) is 0 Å². The first kappa shape index (κ1) is 12.5. The van der Waals surface area contributed by atoms with E-state index in [1.165, 1.54) is 42.6 Å². The van der Waals surface area contributed by atoms with Crippen molar-refractivity contribution in [1.29, 1.82) is 0 Å². The standard InChI is InChI=1S/C12H9N3O4/c16-12(9-3-2-6-14(17)8-9)13-10-4-1-5-11(7-10)15(18)19/h1-8H,(H,13,16). The highest BCUT2D eigenvalue weighted by atomic mass is 16.6. The Balaban J connectivity index is 2.19. The van der Waals surface area contributed by atoms with Crippen molar-refractivity contribution >= 4 is 17.3 Å². The molecule has 2 aromatic rings. The third kappa shape index (κ3) is 3.03. The summed E-state index contributed by atoms with van der Waals surface area (Å²) in [6, 6.07) is 8.47. The smallest absolute Gasteiger partial charge is 0.271 e. The molecular formula is C12H9N3O4. The van der Waals surface area contributed by atoms with Gasteiger partial charge in [0.15, 0.2) is 12.4 Å². The molecule has 0 aliphatic carbocycles. The number of pyridine rings is 1. The van der Waals surface area contributed by atoms with Gasteiger partial charge in [-0.15, -0.1) is 0 Å². The average Bonchev–Trinajstić information content (AvgIpc) is 2.39. The molecule has 0 aliphatic heterocycles. The maximum atomic E-state index is 11.8. The number of anilines is 1. The van der Waals surface area contributed by atoms with Crippen LogP contribution in [0.1, 0.15) is 10.4 Å². The molecule has 0 fully saturated rings. The zero-order valence-corrected chi connectivity index (χ0v) is 9.65. The van der Waals surface area contributed by atoms with Crippen molar-refractivity contribution in [2.75, 3.05) is 5.32 Å². The Morgan fingerprint density at radius 2 is 2.05 bits per heavy atom. The van der Waals surface area contributed by atoms with Gasteiger partial charge in [0.2, 0.25) is 0 Å². The molecule has 0 atom stereocenters. The molecule has 7 nitrogen and oxygen atoms in total. The van der Waals surface area contributed by atoms with E-state index in [0.29, 0.717) is 10.4 Å². The van der Waals surface area contributed by atoms with Gasteiger partial charge in [0.25, 0.3) is 11.6 Å².